The van der Waals surface area contributed by atoms with Gasteiger partial charge in [-0.3, -0.25) is 4.79 Å². The summed E-state index contributed by atoms with van der Waals surface area (Å²) in [5.41, 5.74) is -1.71. The zero-order valence-corrected chi connectivity index (χ0v) is 8.96. The van der Waals surface area contributed by atoms with Crippen LogP contribution in [0.25, 0.3) is 0 Å². The Balaban J connectivity index is 3.39. The smallest absolute Gasteiger partial charge is 0.347 e. The maximum absolute atomic E-state index is 12.6. The zero-order valence-electron chi connectivity index (χ0n) is 8.96. The van der Waals surface area contributed by atoms with Crippen LogP contribution in [0.2, 0.25) is 0 Å². The van der Waals surface area contributed by atoms with Gasteiger partial charge in [-0.2, -0.15) is 13.2 Å². The van der Waals surface area contributed by atoms with E-state index in [1.807, 2.05) is 0 Å². The number of carbonyl (C=O) groups excluding carboxylic acids is 1. The number of alkyl halides is 3. The molecule has 0 unspecified atom stereocenters. The van der Waals surface area contributed by atoms with Crippen LogP contribution in [0.3, 0.4) is 0 Å². The van der Waals surface area contributed by atoms with E-state index in [2.05, 4.69) is 9.97 Å². The van der Waals surface area contributed by atoms with Crippen molar-refractivity contribution in [2.75, 3.05) is 19.0 Å². The fourth-order valence-corrected chi connectivity index (χ4v) is 1.06. The highest BCUT2D eigenvalue weighted by Crippen LogP contribution is 2.31. The molecule has 1 aromatic rings. The average molecular weight is 233 g/mol. The Morgan fingerprint density at radius 1 is 1.38 bits per heavy atom. The lowest BCUT2D eigenvalue weighted by molar-refractivity contribution is -0.141. The Labute approximate surface area is 90.1 Å². The molecule has 0 fully saturated rings. The van der Waals surface area contributed by atoms with E-state index in [1.54, 1.807) is 0 Å². The Morgan fingerprint density at radius 3 is 2.31 bits per heavy atom. The van der Waals surface area contributed by atoms with Crippen molar-refractivity contribution in [2.24, 2.45) is 0 Å². The number of aromatic nitrogens is 2. The Morgan fingerprint density at radius 2 is 1.94 bits per heavy atom. The second kappa shape index (κ2) is 4.07. The first-order valence-corrected chi connectivity index (χ1v) is 4.36. The highest BCUT2D eigenvalue weighted by atomic mass is 19.4. The number of carbonyl (C=O) groups is 1. The number of ketones is 1. The Bertz CT molecular complexity index is 415. The van der Waals surface area contributed by atoms with Gasteiger partial charge >= 0.3 is 6.18 Å². The van der Waals surface area contributed by atoms with Gasteiger partial charge in [0.15, 0.2) is 11.5 Å². The summed E-state index contributed by atoms with van der Waals surface area (Å²) in [7, 11) is 3.03. The van der Waals surface area contributed by atoms with Crippen molar-refractivity contribution in [1.29, 1.82) is 0 Å². The number of rotatable bonds is 2. The number of hydrogen-bond acceptors (Lipinski definition) is 4. The normalized spacial score (nSPS) is 11.4. The first-order chi connectivity index (χ1) is 7.23. The van der Waals surface area contributed by atoms with Gasteiger partial charge in [0.2, 0.25) is 5.95 Å². The predicted molar refractivity (Wildman–Crippen MR) is 51.4 cm³/mol. The van der Waals surface area contributed by atoms with E-state index >= 15 is 0 Å². The number of anilines is 1. The summed E-state index contributed by atoms with van der Waals surface area (Å²) in [4.78, 5) is 19.3. The van der Waals surface area contributed by atoms with E-state index in [-0.39, 0.29) is 5.95 Å². The van der Waals surface area contributed by atoms with Gasteiger partial charge in [-0.15, -0.1) is 0 Å². The van der Waals surface area contributed by atoms with Gasteiger partial charge in [-0.05, 0) is 6.92 Å². The van der Waals surface area contributed by atoms with Crippen molar-refractivity contribution < 1.29 is 18.0 Å². The number of halogens is 3. The van der Waals surface area contributed by atoms with E-state index < -0.39 is 23.2 Å². The van der Waals surface area contributed by atoms with Crippen molar-refractivity contribution in [3.05, 3.63) is 17.5 Å². The molecule has 0 bridgehead atoms. The molecule has 0 saturated carbocycles. The molecule has 1 rings (SSSR count). The number of hydrogen-bond donors (Lipinski definition) is 0. The number of nitrogens with zero attached hydrogens (tertiary/aromatic N) is 3. The fourth-order valence-electron chi connectivity index (χ4n) is 1.06. The zero-order chi connectivity index (χ0) is 12.5. The van der Waals surface area contributed by atoms with Crippen molar-refractivity contribution in [3.8, 4) is 0 Å². The Hall–Kier alpha value is -1.66. The third kappa shape index (κ3) is 2.47. The molecule has 0 aliphatic rings. The first kappa shape index (κ1) is 12.4. The van der Waals surface area contributed by atoms with Crippen molar-refractivity contribution >= 4 is 11.7 Å². The van der Waals surface area contributed by atoms with Gasteiger partial charge in [0.05, 0.1) is 5.56 Å². The minimum absolute atomic E-state index is 0.0858. The van der Waals surface area contributed by atoms with Gasteiger partial charge < -0.3 is 4.90 Å². The molecule has 0 spiro atoms. The molecule has 0 aliphatic heterocycles. The van der Waals surface area contributed by atoms with Gasteiger partial charge in [0.1, 0.15) is 0 Å². The first-order valence-electron chi connectivity index (χ1n) is 4.36. The molecule has 16 heavy (non-hydrogen) atoms. The minimum atomic E-state index is -4.66. The SMILES string of the molecule is CC(=O)c1cnc(N(C)C)nc1C(F)(F)F. The summed E-state index contributed by atoms with van der Waals surface area (Å²) in [5, 5.41) is 0. The van der Waals surface area contributed by atoms with Crippen LogP contribution in [0.1, 0.15) is 23.0 Å². The van der Waals surface area contributed by atoms with Gasteiger partial charge in [-0.25, -0.2) is 9.97 Å². The molecule has 0 saturated heterocycles. The summed E-state index contributed by atoms with van der Waals surface area (Å²) in [6, 6.07) is 0. The molecule has 0 atom stereocenters. The summed E-state index contributed by atoms with van der Waals surface area (Å²) < 4.78 is 37.8. The molecule has 1 aromatic heterocycles. The molecular weight excluding hydrogens is 223 g/mol. The molecular formula is C9H10F3N3O. The number of Topliss-reactive ketones (excluding diaryl/α,β-unsaturated/α-hetero) is 1. The third-order valence-electron chi connectivity index (χ3n) is 1.82. The molecule has 4 nitrogen and oxygen atoms in total. The summed E-state index contributed by atoms with van der Waals surface area (Å²) in [5.74, 6) is -0.796. The Kier molecular flexibility index (Phi) is 3.16. The highest BCUT2D eigenvalue weighted by molar-refractivity contribution is 5.95. The molecule has 0 aromatic carbocycles. The largest absolute Gasteiger partial charge is 0.434 e. The minimum Gasteiger partial charge on any atom is -0.347 e. The van der Waals surface area contributed by atoms with Crippen LogP contribution < -0.4 is 4.90 Å². The molecule has 0 amide bonds. The van der Waals surface area contributed by atoms with Crippen molar-refractivity contribution in [3.63, 3.8) is 0 Å². The molecule has 0 radical (unpaired) electrons. The molecule has 88 valence electrons. The van der Waals surface area contributed by atoms with Crippen LogP contribution in [-0.4, -0.2) is 29.8 Å². The van der Waals surface area contributed by atoms with Crippen LogP contribution in [-0.2, 0) is 6.18 Å². The van der Waals surface area contributed by atoms with Crippen LogP contribution in [0.4, 0.5) is 19.1 Å². The van der Waals surface area contributed by atoms with Crippen LogP contribution >= 0.6 is 0 Å². The van der Waals surface area contributed by atoms with E-state index in [0.717, 1.165) is 13.1 Å². The lowest BCUT2D eigenvalue weighted by atomic mass is 10.1. The second-order valence-corrected chi connectivity index (χ2v) is 3.38. The van der Waals surface area contributed by atoms with E-state index in [4.69, 9.17) is 0 Å². The quantitative estimate of drug-likeness (QED) is 0.730. The second-order valence-electron chi connectivity index (χ2n) is 3.38. The van der Waals surface area contributed by atoms with Crippen LogP contribution in [0.15, 0.2) is 6.20 Å². The van der Waals surface area contributed by atoms with Crippen molar-refractivity contribution in [2.45, 2.75) is 13.1 Å². The average Bonchev–Trinajstić information content (AvgIpc) is 2.15. The predicted octanol–water partition coefficient (Wildman–Crippen LogP) is 1.76. The molecule has 0 N–H and O–H groups in total. The van der Waals surface area contributed by atoms with Gasteiger partial charge in [0, 0.05) is 20.3 Å². The highest BCUT2D eigenvalue weighted by Gasteiger charge is 2.37. The van der Waals surface area contributed by atoms with E-state index in [1.165, 1.54) is 19.0 Å². The summed E-state index contributed by atoms with van der Waals surface area (Å²) in [6.07, 6.45) is -3.76. The summed E-state index contributed by atoms with van der Waals surface area (Å²) >= 11 is 0. The lowest BCUT2D eigenvalue weighted by Crippen LogP contribution is -2.20. The van der Waals surface area contributed by atoms with E-state index in [0.29, 0.717) is 0 Å². The van der Waals surface area contributed by atoms with Gasteiger partial charge in [-0.1, -0.05) is 0 Å². The molecule has 0 aliphatic carbocycles. The molecule has 7 heteroatoms. The fraction of sp³-hybridized carbons (Fsp3) is 0.444. The maximum atomic E-state index is 12.6. The van der Waals surface area contributed by atoms with Crippen LogP contribution in [0.5, 0.6) is 0 Å². The van der Waals surface area contributed by atoms with Crippen LogP contribution in [0, 0.1) is 0 Å². The van der Waals surface area contributed by atoms with Crippen molar-refractivity contribution in [1.82, 2.24) is 9.97 Å². The molecule has 1 heterocycles. The maximum Gasteiger partial charge on any atom is 0.434 e. The summed E-state index contributed by atoms with van der Waals surface area (Å²) in [6.45, 7) is 1.04. The topological polar surface area (TPSA) is 46.1 Å². The lowest BCUT2D eigenvalue weighted by Gasteiger charge is -2.14. The monoisotopic (exact) mass is 233 g/mol. The standard InChI is InChI=1S/C9H10F3N3O/c1-5(16)6-4-13-8(15(2)3)14-7(6)9(10,11)12/h4H,1-3H3. The third-order valence-corrected chi connectivity index (χ3v) is 1.82. The van der Waals surface area contributed by atoms with E-state index in [9.17, 15) is 18.0 Å². The van der Waals surface area contributed by atoms with Gasteiger partial charge in [0.25, 0.3) is 0 Å².